The largest absolute Gasteiger partial charge is 0.480 e. The number of nitrogens with one attached hydrogen (secondary N) is 1. The van der Waals surface area contributed by atoms with Crippen molar-refractivity contribution in [1.29, 1.82) is 0 Å². The van der Waals surface area contributed by atoms with Crippen LogP contribution >= 0.6 is 0 Å². The molecule has 3 N–H and O–H groups in total. The number of carbonyl (C=O) groups excluding carboxylic acids is 1. The van der Waals surface area contributed by atoms with Crippen LogP contribution in [0.3, 0.4) is 0 Å². The number of aliphatic carboxylic acids is 1. The number of likely N-dealkylation sites (N-methyl/N-ethyl adjacent to an activating group) is 1. The molecule has 6 nitrogen and oxygen atoms in total. The molecule has 0 unspecified atom stereocenters. The van der Waals surface area contributed by atoms with Gasteiger partial charge in [-0.1, -0.05) is 0 Å². The Hall–Kier alpha value is -1.14. The number of hydrogen-bond donors (Lipinski definition) is 3. The second-order valence-electron chi connectivity index (χ2n) is 3.21. The highest BCUT2D eigenvalue weighted by molar-refractivity contribution is 5.84. The van der Waals surface area contributed by atoms with E-state index in [0.29, 0.717) is 0 Å². The SMILES string of the molecule is CN(C)CC(=O)N[C@H](CCO)C(=O)O. The zero-order valence-corrected chi connectivity index (χ0v) is 8.36. The summed E-state index contributed by atoms with van der Waals surface area (Å²) in [5.41, 5.74) is 0. The second kappa shape index (κ2) is 6.33. The molecule has 0 aromatic heterocycles. The Morgan fingerprint density at radius 2 is 2.00 bits per heavy atom. The summed E-state index contributed by atoms with van der Waals surface area (Å²) >= 11 is 0. The van der Waals surface area contributed by atoms with Crippen LogP contribution in [0.4, 0.5) is 0 Å². The number of amides is 1. The van der Waals surface area contributed by atoms with Crippen molar-refractivity contribution in [2.45, 2.75) is 12.5 Å². The van der Waals surface area contributed by atoms with Crippen molar-refractivity contribution in [3.63, 3.8) is 0 Å². The van der Waals surface area contributed by atoms with Crippen molar-refractivity contribution < 1.29 is 19.8 Å². The van der Waals surface area contributed by atoms with Crippen LogP contribution in [0.15, 0.2) is 0 Å². The summed E-state index contributed by atoms with van der Waals surface area (Å²) in [6, 6.07) is -1.01. The maximum atomic E-state index is 11.1. The van der Waals surface area contributed by atoms with E-state index < -0.39 is 12.0 Å². The molecule has 14 heavy (non-hydrogen) atoms. The van der Waals surface area contributed by atoms with Gasteiger partial charge in [-0.25, -0.2) is 4.79 Å². The number of rotatable bonds is 6. The lowest BCUT2D eigenvalue weighted by molar-refractivity contribution is -0.142. The van der Waals surface area contributed by atoms with Gasteiger partial charge < -0.3 is 20.4 Å². The highest BCUT2D eigenvalue weighted by atomic mass is 16.4. The zero-order valence-electron chi connectivity index (χ0n) is 8.36. The zero-order chi connectivity index (χ0) is 11.1. The van der Waals surface area contributed by atoms with Gasteiger partial charge in [-0.3, -0.25) is 4.79 Å². The van der Waals surface area contributed by atoms with E-state index in [1.165, 1.54) is 0 Å². The molecule has 1 amide bonds. The molecule has 0 bridgehead atoms. The molecular formula is C8H16N2O4. The predicted octanol–water partition coefficient (Wildman–Crippen LogP) is -1.50. The lowest BCUT2D eigenvalue weighted by Gasteiger charge is -2.15. The molecule has 0 spiro atoms. The van der Waals surface area contributed by atoms with Crippen molar-refractivity contribution in [3.8, 4) is 0 Å². The Labute approximate surface area is 82.5 Å². The Kier molecular flexibility index (Phi) is 5.82. The smallest absolute Gasteiger partial charge is 0.326 e. The molecule has 6 heteroatoms. The number of carboxylic acid groups (broad SMARTS) is 1. The van der Waals surface area contributed by atoms with E-state index in [4.69, 9.17) is 10.2 Å². The summed E-state index contributed by atoms with van der Waals surface area (Å²) in [6.45, 7) is -0.131. The van der Waals surface area contributed by atoms with Crippen LogP contribution in [0.2, 0.25) is 0 Å². The van der Waals surface area contributed by atoms with Gasteiger partial charge in [0.15, 0.2) is 0 Å². The van der Waals surface area contributed by atoms with Crippen LogP contribution in [-0.4, -0.2) is 60.3 Å². The Balaban J connectivity index is 4.02. The monoisotopic (exact) mass is 204 g/mol. The molecule has 0 heterocycles. The molecule has 0 aromatic rings. The first kappa shape index (κ1) is 12.9. The third-order valence-corrected chi connectivity index (χ3v) is 1.51. The molecule has 0 aliphatic rings. The number of hydrogen-bond acceptors (Lipinski definition) is 4. The predicted molar refractivity (Wildman–Crippen MR) is 49.8 cm³/mol. The fourth-order valence-electron chi connectivity index (χ4n) is 0.914. The average Bonchev–Trinajstić information content (AvgIpc) is 2.01. The first-order chi connectivity index (χ1) is 6.47. The molecule has 0 saturated carbocycles. The number of aliphatic hydroxyl groups excluding tert-OH is 1. The van der Waals surface area contributed by atoms with E-state index in [1.807, 2.05) is 0 Å². The van der Waals surface area contributed by atoms with E-state index in [2.05, 4.69) is 5.32 Å². The van der Waals surface area contributed by atoms with Gasteiger partial charge in [0.1, 0.15) is 6.04 Å². The first-order valence-electron chi connectivity index (χ1n) is 4.25. The summed E-state index contributed by atoms with van der Waals surface area (Å²) in [7, 11) is 3.42. The standard InChI is InChI=1S/C8H16N2O4/c1-10(2)5-7(12)9-6(3-4-11)8(13)14/h6,11H,3-5H2,1-2H3,(H,9,12)(H,13,14)/t6-/m1/s1. The fraction of sp³-hybridized carbons (Fsp3) is 0.750. The van der Waals surface area contributed by atoms with Crippen molar-refractivity contribution >= 4 is 11.9 Å². The van der Waals surface area contributed by atoms with Gasteiger partial charge in [-0.15, -0.1) is 0 Å². The summed E-state index contributed by atoms with van der Waals surface area (Å²) in [5, 5.41) is 19.5. The van der Waals surface area contributed by atoms with Crippen LogP contribution in [0.25, 0.3) is 0 Å². The van der Waals surface area contributed by atoms with Crippen LogP contribution in [0.5, 0.6) is 0 Å². The van der Waals surface area contributed by atoms with Gasteiger partial charge in [0, 0.05) is 13.0 Å². The lowest BCUT2D eigenvalue weighted by Crippen LogP contribution is -2.44. The number of carbonyl (C=O) groups is 2. The number of carboxylic acids is 1. The molecule has 0 aromatic carbocycles. The van der Waals surface area contributed by atoms with Crippen LogP contribution in [0.1, 0.15) is 6.42 Å². The molecule has 0 aliphatic heterocycles. The van der Waals surface area contributed by atoms with Crippen molar-refractivity contribution in [2.24, 2.45) is 0 Å². The quantitative estimate of drug-likeness (QED) is 0.490. The summed E-state index contributed by atoms with van der Waals surface area (Å²) in [6.07, 6.45) is 0.0223. The molecule has 0 aliphatic carbocycles. The minimum atomic E-state index is -1.13. The minimum Gasteiger partial charge on any atom is -0.480 e. The second-order valence-corrected chi connectivity index (χ2v) is 3.21. The Morgan fingerprint density at radius 3 is 2.36 bits per heavy atom. The lowest BCUT2D eigenvalue weighted by atomic mass is 10.2. The average molecular weight is 204 g/mol. The van der Waals surface area contributed by atoms with E-state index in [9.17, 15) is 9.59 Å². The number of nitrogens with zero attached hydrogens (tertiary/aromatic N) is 1. The fourth-order valence-corrected chi connectivity index (χ4v) is 0.914. The summed E-state index contributed by atoms with van der Waals surface area (Å²) < 4.78 is 0. The van der Waals surface area contributed by atoms with E-state index in [0.717, 1.165) is 0 Å². The van der Waals surface area contributed by atoms with Gasteiger partial charge in [-0.2, -0.15) is 0 Å². The molecule has 0 rings (SSSR count). The summed E-state index contributed by atoms with van der Waals surface area (Å²) in [5.74, 6) is -1.50. The molecule has 0 fully saturated rings. The van der Waals surface area contributed by atoms with Crippen molar-refractivity contribution in [3.05, 3.63) is 0 Å². The molecular weight excluding hydrogens is 188 g/mol. The van der Waals surface area contributed by atoms with Crippen molar-refractivity contribution in [2.75, 3.05) is 27.2 Å². The maximum absolute atomic E-state index is 11.1. The third kappa shape index (κ3) is 5.50. The van der Waals surface area contributed by atoms with Gasteiger partial charge in [-0.05, 0) is 14.1 Å². The summed E-state index contributed by atoms with van der Waals surface area (Å²) in [4.78, 5) is 23.3. The van der Waals surface area contributed by atoms with Gasteiger partial charge in [0.25, 0.3) is 0 Å². The number of aliphatic hydroxyl groups is 1. The highest BCUT2D eigenvalue weighted by Gasteiger charge is 2.18. The first-order valence-corrected chi connectivity index (χ1v) is 4.25. The molecule has 0 radical (unpaired) electrons. The minimum absolute atomic E-state index is 0.0223. The molecule has 1 atom stereocenters. The Bertz CT molecular complexity index is 206. The van der Waals surface area contributed by atoms with Crippen LogP contribution < -0.4 is 5.32 Å². The Morgan fingerprint density at radius 1 is 1.43 bits per heavy atom. The van der Waals surface area contributed by atoms with Gasteiger partial charge in [0.05, 0.1) is 6.54 Å². The van der Waals surface area contributed by atoms with E-state index in [1.54, 1.807) is 19.0 Å². The highest BCUT2D eigenvalue weighted by Crippen LogP contribution is 1.91. The van der Waals surface area contributed by atoms with Gasteiger partial charge >= 0.3 is 5.97 Å². The van der Waals surface area contributed by atoms with Crippen LogP contribution in [-0.2, 0) is 9.59 Å². The maximum Gasteiger partial charge on any atom is 0.326 e. The molecule has 0 saturated heterocycles. The van der Waals surface area contributed by atoms with E-state index >= 15 is 0 Å². The van der Waals surface area contributed by atoms with Gasteiger partial charge in [0.2, 0.25) is 5.91 Å². The molecule has 82 valence electrons. The van der Waals surface area contributed by atoms with Crippen molar-refractivity contribution in [1.82, 2.24) is 10.2 Å². The normalized spacial score (nSPS) is 12.6. The third-order valence-electron chi connectivity index (χ3n) is 1.51. The van der Waals surface area contributed by atoms with Crippen LogP contribution in [0, 0.1) is 0 Å². The topological polar surface area (TPSA) is 89.9 Å². The van der Waals surface area contributed by atoms with E-state index in [-0.39, 0.29) is 25.5 Å².